The third kappa shape index (κ3) is 7.99. The zero-order valence-electron chi connectivity index (χ0n) is 28.3. The van der Waals surface area contributed by atoms with E-state index in [9.17, 15) is 19.8 Å². The minimum absolute atomic E-state index is 0.0197. The minimum Gasteiger partial charge on any atom is -0.462 e. The molecule has 0 aromatic heterocycles. The molecule has 0 saturated carbocycles. The van der Waals surface area contributed by atoms with Gasteiger partial charge in [0.15, 0.2) is 5.79 Å². The molecule has 4 rings (SSSR count). The highest BCUT2D eigenvalue weighted by molar-refractivity contribution is 5.78. The van der Waals surface area contributed by atoms with Crippen LogP contribution in [0.3, 0.4) is 0 Å². The predicted octanol–water partition coefficient (Wildman–Crippen LogP) is 5.35. The standard InChI is InChI=1S/C36H54O9/c1-21(2)33(38)43-32-23(4)10-9-11-27(20-37)36(40)19-31(41-8)25(6)16-30(36)34(39)42-29-17-28(13-12-24(32)5)45-35(18-29)15-14-22(3)26(7)44-35/h9-12,16,21-23,26,28-32,37,40H,13-15,17-20H2,1-8H3/b10-9+,24-12+,27-11+/t22-,23-,26+,28+,29-,30-,31-,32+,35-,36+/m0/s1. The lowest BCUT2D eigenvalue weighted by Gasteiger charge is -2.49. The number of esters is 2. The van der Waals surface area contributed by atoms with Crippen molar-refractivity contribution in [1.29, 1.82) is 0 Å². The summed E-state index contributed by atoms with van der Waals surface area (Å²) in [5.74, 6) is -2.92. The molecular formula is C36H54O9. The van der Waals surface area contributed by atoms with Crippen molar-refractivity contribution >= 4 is 11.9 Å². The van der Waals surface area contributed by atoms with Crippen LogP contribution in [-0.4, -0.2) is 77.8 Å². The van der Waals surface area contributed by atoms with Gasteiger partial charge in [-0.1, -0.05) is 58.1 Å². The Bertz CT molecular complexity index is 1200. The highest BCUT2D eigenvalue weighted by Crippen LogP contribution is 2.44. The van der Waals surface area contributed by atoms with Gasteiger partial charge < -0.3 is 33.9 Å². The summed E-state index contributed by atoms with van der Waals surface area (Å²) in [7, 11) is 1.56. The summed E-state index contributed by atoms with van der Waals surface area (Å²) in [5.41, 5.74) is 0.227. The van der Waals surface area contributed by atoms with Crippen LogP contribution in [-0.2, 0) is 33.3 Å². The van der Waals surface area contributed by atoms with Crippen molar-refractivity contribution in [2.24, 2.45) is 23.7 Å². The summed E-state index contributed by atoms with van der Waals surface area (Å²) < 4.78 is 31.1. The second-order valence-electron chi connectivity index (χ2n) is 14.0. The van der Waals surface area contributed by atoms with Crippen LogP contribution >= 0.6 is 0 Å². The van der Waals surface area contributed by atoms with Gasteiger partial charge in [0.05, 0.1) is 30.8 Å². The fraction of sp³-hybridized carbons (Fsp3) is 0.722. The quantitative estimate of drug-likeness (QED) is 0.313. The summed E-state index contributed by atoms with van der Waals surface area (Å²) in [5, 5.41) is 22.7. The van der Waals surface area contributed by atoms with E-state index in [1.54, 1.807) is 39.2 Å². The zero-order valence-corrected chi connectivity index (χ0v) is 28.3. The van der Waals surface area contributed by atoms with Crippen molar-refractivity contribution in [2.45, 2.75) is 129 Å². The van der Waals surface area contributed by atoms with Gasteiger partial charge in [0.1, 0.15) is 23.7 Å². The first kappa shape index (κ1) is 35.6. The van der Waals surface area contributed by atoms with Crippen molar-refractivity contribution in [3.63, 3.8) is 0 Å². The zero-order chi connectivity index (χ0) is 33.1. The van der Waals surface area contributed by atoms with Crippen LogP contribution in [0.2, 0.25) is 0 Å². The van der Waals surface area contributed by atoms with Crippen molar-refractivity contribution in [1.82, 2.24) is 0 Å². The molecule has 9 nitrogen and oxygen atoms in total. The van der Waals surface area contributed by atoms with Gasteiger partial charge in [-0.2, -0.15) is 0 Å². The monoisotopic (exact) mass is 630 g/mol. The number of ether oxygens (including phenoxy) is 5. The van der Waals surface area contributed by atoms with Gasteiger partial charge >= 0.3 is 11.9 Å². The topological polar surface area (TPSA) is 121 Å². The molecule has 2 fully saturated rings. The maximum absolute atomic E-state index is 14.0. The van der Waals surface area contributed by atoms with E-state index >= 15 is 0 Å². The summed E-state index contributed by atoms with van der Waals surface area (Å²) in [6.45, 7) is 13.1. The van der Waals surface area contributed by atoms with Crippen LogP contribution < -0.4 is 0 Å². The number of carbonyl (C=O) groups is 2. The summed E-state index contributed by atoms with van der Waals surface area (Å²) in [6, 6.07) is 0. The van der Waals surface area contributed by atoms with E-state index in [-0.39, 0.29) is 42.0 Å². The lowest BCUT2D eigenvalue weighted by Crippen LogP contribution is -2.55. The Kier molecular flexibility index (Phi) is 11.6. The van der Waals surface area contributed by atoms with Gasteiger partial charge in [0.25, 0.3) is 0 Å². The van der Waals surface area contributed by atoms with Gasteiger partial charge in [-0.3, -0.25) is 9.59 Å². The average Bonchev–Trinajstić information content (AvgIpc) is 2.98. The molecule has 252 valence electrons. The molecule has 1 aliphatic carbocycles. The maximum Gasteiger partial charge on any atom is 0.316 e. The van der Waals surface area contributed by atoms with Crippen molar-refractivity contribution in [3.05, 3.63) is 47.1 Å². The lowest BCUT2D eigenvalue weighted by molar-refractivity contribution is -0.332. The van der Waals surface area contributed by atoms with E-state index in [1.165, 1.54) is 0 Å². The molecule has 0 unspecified atom stereocenters. The predicted molar refractivity (Wildman–Crippen MR) is 170 cm³/mol. The molecule has 4 aliphatic rings. The van der Waals surface area contributed by atoms with Crippen LogP contribution in [0.4, 0.5) is 0 Å². The van der Waals surface area contributed by atoms with Crippen LogP contribution in [0.25, 0.3) is 0 Å². The van der Waals surface area contributed by atoms with E-state index in [0.717, 1.165) is 17.6 Å². The fourth-order valence-electron chi connectivity index (χ4n) is 7.06. The Hall–Kier alpha value is -2.30. The molecule has 45 heavy (non-hydrogen) atoms. The smallest absolute Gasteiger partial charge is 0.316 e. The van der Waals surface area contributed by atoms with Gasteiger partial charge in [-0.25, -0.2) is 0 Å². The fourth-order valence-corrected chi connectivity index (χ4v) is 7.06. The van der Waals surface area contributed by atoms with E-state index in [0.29, 0.717) is 31.6 Å². The molecule has 10 atom stereocenters. The van der Waals surface area contributed by atoms with Crippen LogP contribution in [0.1, 0.15) is 87.0 Å². The van der Waals surface area contributed by atoms with Gasteiger partial charge in [-0.15, -0.1) is 0 Å². The first-order valence-electron chi connectivity index (χ1n) is 16.6. The van der Waals surface area contributed by atoms with Gasteiger partial charge in [0, 0.05) is 38.7 Å². The van der Waals surface area contributed by atoms with Gasteiger partial charge in [-0.05, 0) is 56.3 Å². The Morgan fingerprint density at radius 1 is 1.11 bits per heavy atom. The number of aliphatic hydroxyl groups excluding tert-OH is 1. The number of hydrogen-bond acceptors (Lipinski definition) is 9. The molecule has 0 aromatic rings. The number of carbonyl (C=O) groups excluding carboxylic acids is 2. The third-order valence-corrected chi connectivity index (χ3v) is 10.2. The lowest BCUT2D eigenvalue weighted by atomic mass is 9.71. The maximum atomic E-state index is 14.0. The second kappa shape index (κ2) is 14.6. The van der Waals surface area contributed by atoms with Crippen LogP contribution in [0.5, 0.6) is 0 Å². The average molecular weight is 631 g/mol. The highest BCUT2D eigenvalue weighted by Gasteiger charge is 2.51. The number of aliphatic hydroxyl groups is 2. The molecule has 3 aliphatic heterocycles. The summed E-state index contributed by atoms with van der Waals surface area (Å²) in [6.07, 6.45) is 10.3. The Morgan fingerprint density at radius 3 is 2.49 bits per heavy atom. The number of hydrogen-bond donors (Lipinski definition) is 2. The molecular weight excluding hydrogens is 576 g/mol. The van der Waals surface area contributed by atoms with Crippen molar-refractivity contribution in [2.75, 3.05) is 13.7 Å². The SMILES string of the molecule is CO[C@H]1C[C@@]2(O)/C(CO)=C/C=C/[C@H](C)[C@@H](OC(=O)C(C)C)/C(C)=C/C[C@@H]3C[C@@H](C[C@]4(CC[C@H](C)[C@@H](C)O4)O3)OC(=O)[C@@H]2C=C1C. The highest BCUT2D eigenvalue weighted by atomic mass is 16.7. The molecule has 2 saturated heterocycles. The molecule has 0 aromatic carbocycles. The van der Waals surface area contributed by atoms with E-state index in [1.807, 2.05) is 26.8 Å². The first-order valence-corrected chi connectivity index (χ1v) is 16.6. The van der Waals surface area contributed by atoms with E-state index in [4.69, 9.17) is 23.7 Å². The van der Waals surface area contributed by atoms with Gasteiger partial charge in [0.2, 0.25) is 0 Å². The second-order valence-corrected chi connectivity index (χ2v) is 14.0. The van der Waals surface area contributed by atoms with Crippen molar-refractivity contribution < 1.29 is 43.5 Å². The summed E-state index contributed by atoms with van der Waals surface area (Å²) >= 11 is 0. The Labute approximate surface area is 268 Å². The molecule has 2 bridgehead atoms. The first-order chi connectivity index (χ1) is 21.2. The van der Waals surface area contributed by atoms with Crippen LogP contribution in [0, 0.1) is 23.7 Å². The van der Waals surface area contributed by atoms with E-state index < -0.39 is 48.2 Å². The van der Waals surface area contributed by atoms with Crippen molar-refractivity contribution in [3.8, 4) is 0 Å². The molecule has 9 heteroatoms. The van der Waals surface area contributed by atoms with E-state index in [2.05, 4.69) is 19.9 Å². The third-order valence-electron chi connectivity index (χ3n) is 10.2. The number of methoxy groups -OCH3 is 1. The molecule has 0 amide bonds. The number of rotatable bonds is 4. The van der Waals surface area contributed by atoms with Crippen LogP contribution in [0.15, 0.2) is 47.1 Å². The number of fused-ring (bicyclic) bond motifs is 3. The molecule has 3 heterocycles. The Morgan fingerprint density at radius 2 is 1.84 bits per heavy atom. The molecule has 2 N–H and O–H groups in total. The summed E-state index contributed by atoms with van der Waals surface area (Å²) in [4.78, 5) is 26.8. The normalized spacial score (nSPS) is 42.8. The Balaban J connectivity index is 1.80. The number of allylic oxidation sites excluding steroid dienone is 2. The minimum atomic E-state index is -1.75. The largest absolute Gasteiger partial charge is 0.462 e. The molecule has 1 spiro atoms. The molecule has 0 radical (unpaired) electrons.